The van der Waals surface area contributed by atoms with Gasteiger partial charge in [0, 0.05) is 12.6 Å². The molecule has 0 amide bonds. The summed E-state index contributed by atoms with van der Waals surface area (Å²) in [7, 11) is 0. The van der Waals surface area contributed by atoms with E-state index in [0.29, 0.717) is 12.0 Å². The molecule has 0 aliphatic heterocycles. The normalized spacial score (nSPS) is 11.2. The molecule has 1 aromatic heterocycles. The number of anilines is 1. The number of rotatable bonds is 6. The van der Waals surface area contributed by atoms with Crippen molar-refractivity contribution in [3.8, 4) is 0 Å². The second-order valence-corrected chi connectivity index (χ2v) is 5.65. The number of pyridine rings is 1. The highest BCUT2D eigenvalue weighted by atomic mass is 79.9. The fourth-order valence-corrected chi connectivity index (χ4v) is 2.44. The van der Waals surface area contributed by atoms with Crippen molar-refractivity contribution in [2.45, 2.75) is 46.6 Å². The Morgan fingerprint density at radius 2 is 1.88 bits per heavy atom. The molecule has 0 aliphatic carbocycles. The zero-order valence-corrected chi connectivity index (χ0v) is 12.9. The van der Waals surface area contributed by atoms with E-state index in [9.17, 15) is 0 Å². The lowest BCUT2D eigenvalue weighted by molar-refractivity contribution is 0.503. The maximum absolute atomic E-state index is 4.59. The third kappa shape index (κ3) is 4.30. The molecule has 1 rings (SSSR count). The van der Waals surface area contributed by atoms with Crippen LogP contribution in [0.25, 0.3) is 0 Å². The molecule has 3 heteroatoms. The number of hydrogen-bond donors (Lipinski definition) is 0. The molecule has 0 aromatic carbocycles. The van der Waals surface area contributed by atoms with Crippen LogP contribution in [0.1, 0.15) is 40.5 Å². The summed E-state index contributed by atoms with van der Waals surface area (Å²) in [4.78, 5) is 7.03. The predicted molar refractivity (Wildman–Crippen MR) is 78.5 cm³/mol. The van der Waals surface area contributed by atoms with Crippen molar-refractivity contribution in [3.63, 3.8) is 0 Å². The Balaban J connectivity index is 2.96. The van der Waals surface area contributed by atoms with E-state index >= 15 is 0 Å². The lowest BCUT2D eigenvalue weighted by atomic mass is 10.1. The maximum atomic E-state index is 4.59. The molecule has 17 heavy (non-hydrogen) atoms. The Labute approximate surface area is 114 Å². The van der Waals surface area contributed by atoms with Gasteiger partial charge in [-0.15, -0.1) is 0 Å². The molecule has 1 heterocycles. The van der Waals surface area contributed by atoms with Crippen molar-refractivity contribution in [1.29, 1.82) is 0 Å². The van der Waals surface area contributed by atoms with Gasteiger partial charge in [-0.1, -0.05) is 33.8 Å². The smallest absolute Gasteiger partial charge is 0.130 e. The van der Waals surface area contributed by atoms with Crippen molar-refractivity contribution >= 4 is 21.7 Å². The van der Waals surface area contributed by atoms with Crippen molar-refractivity contribution in [2.75, 3.05) is 11.4 Å². The van der Waals surface area contributed by atoms with Crippen LogP contribution in [0.2, 0.25) is 0 Å². The highest BCUT2D eigenvalue weighted by Crippen LogP contribution is 2.21. The molecule has 0 saturated heterocycles. The maximum Gasteiger partial charge on any atom is 0.130 e. The average molecular weight is 299 g/mol. The van der Waals surface area contributed by atoms with Crippen LogP contribution in [0.4, 0.5) is 5.82 Å². The first-order valence-electron chi connectivity index (χ1n) is 6.47. The van der Waals surface area contributed by atoms with E-state index in [1.807, 2.05) is 6.07 Å². The molecule has 0 spiro atoms. The topological polar surface area (TPSA) is 16.1 Å². The Hall–Kier alpha value is -0.570. The summed E-state index contributed by atoms with van der Waals surface area (Å²) in [5.74, 6) is 1.73. The van der Waals surface area contributed by atoms with Crippen LogP contribution in [-0.4, -0.2) is 17.6 Å². The third-order valence-corrected chi connectivity index (χ3v) is 3.38. The van der Waals surface area contributed by atoms with E-state index in [0.717, 1.165) is 29.8 Å². The fourth-order valence-electron chi connectivity index (χ4n) is 2.11. The van der Waals surface area contributed by atoms with Crippen molar-refractivity contribution in [1.82, 2.24) is 4.98 Å². The molecule has 96 valence electrons. The molecule has 0 radical (unpaired) electrons. The highest BCUT2D eigenvalue weighted by molar-refractivity contribution is 9.10. The Morgan fingerprint density at radius 3 is 2.35 bits per heavy atom. The van der Waals surface area contributed by atoms with Crippen LogP contribution in [0, 0.1) is 5.92 Å². The average Bonchev–Trinajstić information content (AvgIpc) is 2.29. The first-order valence-corrected chi connectivity index (χ1v) is 7.26. The molecule has 0 bridgehead atoms. The second-order valence-electron chi connectivity index (χ2n) is 4.84. The molecular formula is C14H23BrN2. The summed E-state index contributed by atoms with van der Waals surface area (Å²) in [5.41, 5.74) is 0. The van der Waals surface area contributed by atoms with Crippen LogP contribution in [0.5, 0.6) is 0 Å². The second kappa shape index (κ2) is 7.00. The van der Waals surface area contributed by atoms with Crippen LogP contribution >= 0.6 is 15.9 Å². The highest BCUT2D eigenvalue weighted by Gasteiger charge is 2.17. The molecule has 0 unspecified atom stereocenters. The standard InChI is InChI=1S/C14H23BrN2/c1-5-12(6-2)17(10-11(3)4)14-9-7-8-13(15)16-14/h7-9,11-12H,5-6,10H2,1-4H3. The van der Waals surface area contributed by atoms with Gasteiger partial charge in [-0.3, -0.25) is 0 Å². The van der Waals surface area contributed by atoms with E-state index in [1.54, 1.807) is 0 Å². The Morgan fingerprint density at radius 1 is 1.24 bits per heavy atom. The molecule has 0 N–H and O–H groups in total. The van der Waals surface area contributed by atoms with Gasteiger partial charge in [0.05, 0.1) is 0 Å². The van der Waals surface area contributed by atoms with Crippen LogP contribution in [0.15, 0.2) is 22.8 Å². The first-order chi connectivity index (χ1) is 8.08. The van der Waals surface area contributed by atoms with Gasteiger partial charge in [0.2, 0.25) is 0 Å². The van der Waals surface area contributed by atoms with Gasteiger partial charge < -0.3 is 4.90 Å². The van der Waals surface area contributed by atoms with Gasteiger partial charge in [-0.25, -0.2) is 4.98 Å². The molecule has 0 aliphatic rings. The van der Waals surface area contributed by atoms with Gasteiger partial charge >= 0.3 is 0 Å². The molecule has 0 saturated carbocycles. The molecule has 1 aromatic rings. The number of hydrogen-bond acceptors (Lipinski definition) is 2. The van der Waals surface area contributed by atoms with Crippen molar-refractivity contribution in [2.24, 2.45) is 5.92 Å². The van der Waals surface area contributed by atoms with Crippen molar-refractivity contribution < 1.29 is 0 Å². The van der Waals surface area contributed by atoms with Crippen LogP contribution < -0.4 is 4.90 Å². The quantitative estimate of drug-likeness (QED) is 0.719. The molecular weight excluding hydrogens is 276 g/mol. The van der Waals surface area contributed by atoms with Gasteiger partial charge in [-0.05, 0) is 46.8 Å². The Bertz CT molecular complexity index is 335. The van der Waals surface area contributed by atoms with Gasteiger partial charge in [0.1, 0.15) is 10.4 Å². The van der Waals surface area contributed by atoms with E-state index in [4.69, 9.17) is 0 Å². The summed E-state index contributed by atoms with van der Waals surface area (Å²) in [5, 5.41) is 0. The summed E-state index contributed by atoms with van der Waals surface area (Å²) in [6, 6.07) is 6.72. The van der Waals surface area contributed by atoms with E-state index < -0.39 is 0 Å². The summed E-state index contributed by atoms with van der Waals surface area (Å²) in [6.45, 7) is 10.1. The SMILES string of the molecule is CCC(CC)N(CC(C)C)c1cccc(Br)n1. The Kier molecular flexibility index (Phi) is 5.96. The minimum absolute atomic E-state index is 0.583. The van der Waals surface area contributed by atoms with Crippen molar-refractivity contribution in [3.05, 3.63) is 22.8 Å². The number of halogens is 1. The fraction of sp³-hybridized carbons (Fsp3) is 0.643. The summed E-state index contributed by atoms with van der Waals surface area (Å²) < 4.78 is 0.912. The van der Waals surface area contributed by atoms with E-state index in [-0.39, 0.29) is 0 Å². The molecule has 0 atom stereocenters. The van der Waals surface area contributed by atoms with E-state index in [1.165, 1.54) is 0 Å². The lowest BCUT2D eigenvalue weighted by Gasteiger charge is -2.33. The predicted octanol–water partition coefficient (Wildman–Crippen LogP) is 4.50. The minimum atomic E-state index is 0.583. The number of aromatic nitrogens is 1. The summed E-state index contributed by atoms with van der Waals surface area (Å²) in [6.07, 6.45) is 2.33. The summed E-state index contributed by atoms with van der Waals surface area (Å²) >= 11 is 3.45. The molecule has 2 nitrogen and oxygen atoms in total. The zero-order valence-electron chi connectivity index (χ0n) is 11.3. The van der Waals surface area contributed by atoms with Crippen LogP contribution in [-0.2, 0) is 0 Å². The van der Waals surface area contributed by atoms with Gasteiger partial charge in [-0.2, -0.15) is 0 Å². The zero-order chi connectivity index (χ0) is 12.8. The monoisotopic (exact) mass is 298 g/mol. The molecule has 0 fully saturated rings. The van der Waals surface area contributed by atoms with Gasteiger partial charge in [0.25, 0.3) is 0 Å². The minimum Gasteiger partial charge on any atom is -0.353 e. The largest absolute Gasteiger partial charge is 0.353 e. The first kappa shape index (κ1) is 14.5. The van der Waals surface area contributed by atoms with E-state index in [2.05, 4.69) is 65.6 Å². The third-order valence-electron chi connectivity index (χ3n) is 2.94. The van der Waals surface area contributed by atoms with Gasteiger partial charge in [0.15, 0.2) is 0 Å². The van der Waals surface area contributed by atoms with Crippen LogP contribution in [0.3, 0.4) is 0 Å². The number of nitrogens with zero attached hydrogens (tertiary/aromatic N) is 2. The lowest BCUT2D eigenvalue weighted by Crippen LogP contribution is -2.37.